The fraction of sp³-hybridized carbons (Fsp3) is 0.450. The van der Waals surface area contributed by atoms with Crippen molar-refractivity contribution in [1.29, 1.82) is 0 Å². The Morgan fingerprint density at radius 2 is 1.89 bits per heavy atom. The summed E-state index contributed by atoms with van der Waals surface area (Å²) in [5, 5.41) is 0.897. The van der Waals surface area contributed by atoms with Gasteiger partial charge in [0.1, 0.15) is 16.4 Å². The number of hydrogen-bond acceptors (Lipinski definition) is 7. The summed E-state index contributed by atoms with van der Waals surface area (Å²) >= 11 is 1.60. The quantitative estimate of drug-likeness (QED) is 0.499. The van der Waals surface area contributed by atoms with Gasteiger partial charge in [0.15, 0.2) is 5.65 Å². The molecule has 0 radical (unpaired) electrons. The second-order valence-electron chi connectivity index (χ2n) is 6.97. The van der Waals surface area contributed by atoms with Crippen LogP contribution in [0.4, 0.5) is 0 Å². The van der Waals surface area contributed by atoms with Gasteiger partial charge < -0.3 is 4.74 Å². The predicted octanol–water partition coefficient (Wildman–Crippen LogP) is 4.10. The molecule has 140 valence electrons. The molecule has 4 rings (SSSR count). The van der Waals surface area contributed by atoms with E-state index in [1.807, 2.05) is 39.3 Å². The second-order valence-corrected chi connectivity index (χ2v) is 7.76. The molecule has 0 bridgehead atoms. The molecule has 0 N–H and O–H groups in total. The van der Waals surface area contributed by atoms with Crippen molar-refractivity contribution >= 4 is 22.9 Å². The maximum absolute atomic E-state index is 6.03. The van der Waals surface area contributed by atoms with E-state index in [1.54, 1.807) is 11.8 Å². The SMILES string of the molecule is CSc1nc(C2CCOC(c3ccnc(C)c3)C2)nc2nc(C)c(C)nc12. The van der Waals surface area contributed by atoms with Crippen LogP contribution in [0, 0.1) is 20.8 Å². The lowest BCUT2D eigenvalue weighted by atomic mass is 9.91. The van der Waals surface area contributed by atoms with Crippen molar-refractivity contribution < 1.29 is 4.74 Å². The van der Waals surface area contributed by atoms with Gasteiger partial charge in [0.2, 0.25) is 0 Å². The molecule has 0 aliphatic carbocycles. The van der Waals surface area contributed by atoms with Crippen LogP contribution in [-0.4, -0.2) is 37.8 Å². The van der Waals surface area contributed by atoms with Gasteiger partial charge in [-0.1, -0.05) is 0 Å². The highest BCUT2D eigenvalue weighted by atomic mass is 32.2. The highest BCUT2D eigenvalue weighted by Crippen LogP contribution is 2.37. The van der Waals surface area contributed by atoms with E-state index in [-0.39, 0.29) is 12.0 Å². The Kier molecular flexibility index (Phi) is 5.06. The van der Waals surface area contributed by atoms with Gasteiger partial charge in [-0.05, 0) is 57.6 Å². The molecule has 2 unspecified atom stereocenters. The number of ether oxygens (including phenoxy) is 1. The van der Waals surface area contributed by atoms with Crippen LogP contribution >= 0.6 is 11.8 Å². The van der Waals surface area contributed by atoms with Crippen LogP contribution in [0.3, 0.4) is 0 Å². The summed E-state index contributed by atoms with van der Waals surface area (Å²) in [5.41, 5.74) is 5.50. The molecule has 4 heterocycles. The van der Waals surface area contributed by atoms with Crippen LogP contribution in [0.1, 0.15) is 53.3 Å². The van der Waals surface area contributed by atoms with Gasteiger partial charge in [0.05, 0.1) is 17.5 Å². The van der Waals surface area contributed by atoms with Gasteiger partial charge in [-0.15, -0.1) is 11.8 Å². The molecule has 3 aromatic rings. The molecule has 1 aliphatic heterocycles. The summed E-state index contributed by atoms with van der Waals surface area (Å²) in [7, 11) is 0. The number of thioether (sulfide) groups is 1. The molecular formula is C20H23N5OS. The maximum Gasteiger partial charge on any atom is 0.183 e. The van der Waals surface area contributed by atoms with Crippen LogP contribution < -0.4 is 0 Å². The smallest absolute Gasteiger partial charge is 0.183 e. The predicted molar refractivity (Wildman–Crippen MR) is 106 cm³/mol. The van der Waals surface area contributed by atoms with Gasteiger partial charge in [-0.3, -0.25) is 4.98 Å². The van der Waals surface area contributed by atoms with E-state index in [2.05, 4.69) is 21.0 Å². The van der Waals surface area contributed by atoms with Gasteiger partial charge >= 0.3 is 0 Å². The van der Waals surface area contributed by atoms with Crippen molar-refractivity contribution in [3.8, 4) is 0 Å². The van der Waals surface area contributed by atoms with Crippen LogP contribution in [0.5, 0.6) is 0 Å². The minimum absolute atomic E-state index is 0.0494. The van der Waals surface area contributed by atoms with Crippen molar-refractivity contribution in [2.75, 3.05) is 12.9 Å². The third-order valence-electron chi connectivity index (χ3n) is 5.06. The topological polar surface area (TPSA) is 73.7 Å². The summed E-state index contributed by atoms with van der Waals surface area (Å²) in [5.74, 6) is 1.10. The molecule has 0 aromatic carbocycles. The standard InChI is InChI=1S/C20H23N5OS/c1-11-9-14(5-7-21-11)16-10-15(6-8-26-16)18-24-19-17(20(25-18)27-4)22-12(2)13(3)23-19/h5,7,9,15-16H,6,8,10H2,1-4H3. The molecule has 7 heteroatoms. The zero-order valence-corrected chi connectivity index (χ0v) is 16.9. The minimum Gasteiger partial charge on any atom is -0.373 e. The number of hydrogen-bond donors (Lipinski definition) is 0. The molecule has 1 aliphatic rings. The first kappa shape index (κ1) is 18.3. The molecule has 1 saturated heterocycles. The molecule has 2 atom stereocenters. The van der Waals surface area contributed by atoms with Crippen molar-refractivity contribution in [2.45, 2.75) is 50.7 Å². The Morgan fingerprint density at radius 1 is 1.07 bits per heavy atom. The largest absolute Gasteiger partial charge is 0.373 e. The van der Waals surface area contributed by atoms with E-state index >= 15 is 0 Å². The minimum atomic E-state index is 0.0494. The first-order valence-corrected chi connectivity index (χ1v) is 10.4. The first-order chi connectivity index (χ1) is 13.0. The van der Waals surface area contributed by atoms with Gasteiger partial charge in [-0.2, -0.15) is 0 Å². The average Bonchev–Trinajstić information content (AvgIpc) is 2.68. The molecule has 27 heavy (non-hydrogen) atoms. The molecular weight excluding hydrogens is 358 g/mol. The van der Waals surface area contributed by atoms with E-state index in [4.69, 9.17) is 14.7 Å². The molecule has 3 aromatic heterocycles. The van der Waals surface area contributed by atoms with Crippen LogP contribution in [0.25, 0.3) is 11.2 Å². The van der Waals surface area contributed by atoms with Crippen LogP contribution in [0.2, 0.25) is 0 Å². The highest BCUT2D eigenvalue weighted by Gasteiger charge is 2.28. The zero-order valence-electron chi connectivity index (χ0n) is 16.1. The molecule has 1 fully saturated rings. The summed E-state index contributed by atoms with van der Waals surface area (Å²) in [6, 6.07) is 4.13. The summed E-state index contributed by atoms with van der Waals surface area (Å²) in [6.07, 6.45) is 5.69. The Bertz CT molecular complexity index is 994. The fourth-order valence-corrected chi connectivity index (χ4v) is 3.97. The fourth-order valence-electron chi connectivity index (χ4n) is 3.46. The van der Waals surface area contributed by atoms with Crippen LogP contribution in [0.15, 0.2) is 23.4 Å². The van der Waals surface area contributed by atoms with Gasteiger partial charge in [-0.25, -0.2) is 19.9 Å². The number of rotatable bonds is 3. The molecule has 0 saturated carbocycles. The summed E-state index contributed by atoms with van der Waals surface area (Å²) < 4.78 is 6.03. The molecule has 0 spiro atoms. The number of pyridine rings is 1. The average molecular weight is 382 g/mol. The van der Waals surface area contributed by atoms with Crippen LogP contribution in [-0.2, 0) is 4.74 Å². The first-order valence-electron chi connectivity index (χ1n) is 9.16. The van der Waals surface area contributed by atoms with Crippen molar-refractivity contribution in [3.05, 3.63) is 46.8 Å². The normalized spacial score (nSPS) is 20.1. The third kappa shape index (κ3) is 3.66. The van der Waals surface area contributed by atoms with E-state index in [1.165, 1.54) is 5.56 Å². The Hall–Kier alpha value is -2.12. The Labute approximate surface area is 163 Å². The number of fused-ring (bicyclic) bond motifs is 1. The Morgan fingerprint density at radius 3 is 2.67 bits per heavy atom. The molecule has 0 amide bonds. The van der Waals surface area contributed by atoms with Crippen molar-refractivity contribution in [2.24, 2.45) is 0 Å². The van der Waals surface area contributed by atoms with Crippen molar-refractivity contribution in [3.63, 3.8) is 0 Å². The lowest BCUT2D eigenvalue weighted by molar-refractivity contribution is 0.00384. The van der Waals surface area contributed by atoms with Gasteiger partial charge in [0, 0.05) is 24.4 Å². The van der Waals surface area contributed by atoms with E-state index in [0.29, 0.717) is 12.3 Å². The number of aromatic nitrogens is 5. The second kappa shape index (κ2) is 7.48. The monoisotopic (exact) mass is 381 g/mol. The van der Waals surface area contributed by atoms with E-state index < -0.39 is 0 Å². The van der Waals surface area contributed by atoms with E-state index in [9.17, 15) is 0 Å². The third-order valence-corrected chi connectivity index (χ3v) is 5.73. The highest BCUT2D eigenvalue weighted by molar-refractivity contribution is 7.98. The number of nitrogens with zero attached hydrogens (tertiary/aromatic N) is 5. The maximum atomic E-state index is 6.03. The summed E-state index contributed by atoms with van der Waals surface area (Å²) in [4.78, 5) is 23.2. The molecule has 6 nitrogen and oxygen atoms in total. The van der Waals surface area contributed by atoms with E-state index in [0.717, 1.165) is 46.3 Å². The lowest BCUT2D eigenvalue weighted by Crippen LogP contribution is -2.21. The van der Waals surface area contributed by atoms with Crippen molar-refractivity contribution in [1.82, 2.24) is 24.9 Å². The zero-order chi connectivity index (χ0) is 19.0. The lowest BCUT2D eigenvalue weighted by Gasteiger charge is -2.29. The Balaban J connectivity index is 1.69. The number of aryl methyl sites for hydroxylation is 3. The van der Waals surface area contributed by atoms with Gasteiger partial charge in [0.25, 0.3) is 0 Å². The summed E-state index contributed by atoms with van der Waals surface area (Å²) in [6.45, 7) is 6.65.